The van der Waals surface area contributed by atoms with Gasteiger partial charge in [-0.3, -0.25) is 25.2 Å². The van der Waals surface area contributed by atoms with Crippen molar-refractivity contribution < 1.29 is 14.0 Å². The summed E-state index contributed by atoms with van der Waals surface area (Å²) in [6, 6.07) is 12.1. The van der Waals surface area contributed by atoms with Crippen LogP contribution in [0.4, 0.5) is 4.39 Å². The number of aromatic amines is 1. The fourth-order valence-corrected chi connectivity index (χ4v) is 2.35. The Morgan fingerprint density at radius 2 is 1.80 bits per heavy atom. The number of benzene rings is 2. The smallest absolute Gasteiger partial charge is 0.273 e. The number of carbonyl (C=O) groups excluding carboxylic acids is 2. The molecule has 0 saturated carbocycles. The minimum Gasteiger partial charge on any atom is -0.273 e. The number of carbonyl (C=O) groups is 2. The molecule has 0 aliphatic heterocycles. The van der Waals surface area contributed by atoms with Crippen molar-refractivity contribution in [1.82, 2.24) is 21.0 Å². The van der Waals surface area contributed by atoms with Gasteiger partial charge in [-0.2, -0.15) is 5.10 Å². The van der Waals surface area contributed by atoms with Gasteiger partial charge in [0.05, 0.1) is 11.8 Å². The van der Waals surface area contributed by atoms with Crippen molar-refractivity contribution in [3.8, 4) is 0 Å². The SMILES string of the molecule is O=C(Cc1cccc(F)c1)NNC(=O)c1n[nH]c(=O)c2ccccc12. The molecule has 126 valence electrons. The predicted octanol–water partition coefficient (Wildman–Crippen LogP) is 1.07. The highest BCUT2D eigenvalue weighted by atomic mass is 19.1. The van der Waals surface area contributed by atoms with Crippen LogP contribution in [0.15, 0.2) is 53.3 Å². The first-order valence-corrected chi connectivity index (χ1v) is 7.35. The number of hydrogen-bond donors (Lipinski definition) is 3. The molecular formula is C17H13FN4O3. The topological polar surface area (TPSA) is 104 Å². The molecule has 1 heterocycles. The lowest BCUT2D eigenvalue weighted by Crippen LogP contribution is -2.43. The summed E-state index contributed by atoms with van der Waals surface area (Å²) < 4.78 is 13.1. The molecule has 0 aliphatic rings. The van der Waals surface area contributed by atoms with E-state index in [1.54, 1.807) is 30.3 Å². The molecule has 1 aromatic heterocycles. The minimum absolute atomic E-state index is 0.0266. The summed E-state index contributed by atoms with van der Waals surface area (Å²) in [5, 5.41) is 6.64. The molecule has 0 aliphatic carbocycles. The van der Waals surface area contributed by atoms with Crippen LogP contribution in [-0.2, 0) is 11.2 Å². The second-order valence-electron chi connectivity index (χ2n) is 5.26. The number of halogens is 1. The van der Waals surface area contributed by atoms with E-state index in [4.69, 9.17) is 0 Å². The van der Waals surface area contributed by atoms with Crippen LogP contribution in [0, 0.1) is 5.82 Å². The molecule has 2 amide bonds. The number of nitrogens with one attached hydrogen (secondary N) is 3. The van der Waals surface area contributed by atoms with Gasteiger partial charge in [0.2, 0.25) is 5.91 Å². The standard InChI is InChI=1S/C17H13FN4O3/c18-11-5-3-4-10(8-11)9-14(23)19-22-17(25)15-12-6-1-2-7-13(12)16(24)21-20-15/h1-8H,9H2,(H,19,23)(H,21,24)(H,22,25). The Morgan fingerprint density at radius 1 is 1.04 bits per heavy atom. The van der Waals surface area contributed by atoms with E-state index in [0.29, 0.717) is 16.3 Å². The Balaban J connectivity index is 1.70. The zero-order valence-electron chi connectivity index (χ0n) is 12.9. The molecule has 25 heavy (non-hydrogen) atoms. The average molecular weight is 340 g/mol. The molecule has 2 aromatic carbocycles. The fourth-order valence-electron chi connectivity index (χ4n) is 2.35. The summed E-state index contributed by atoms with van der Waals surface area (Å²) in [7, 11) is 0. The monoisotopic (exact) mass is 340 g/mol. The molecule has 3 aromatic rings. The molecular weight excluding hydrogens is 327 g/mol. The Hall–Kier alpha value is -3.55. The molecule has 0 fully saturated rings. The van der Waals surface area contributed by atoms with E-state index in [2.05, 4.69) is 21.0 Å². The third-order valence-corrected chi connectivity index (χ3v) is 3.48. The Morgan fingerprint density at radius 3 is 2.56 bits per heavy atom. The summed E-state index contributed by atoms with van der Waals surface area (Å²) in [6.45, 7) is 0. The highest BCUT2D eigenvalue weighted by molar-refractivity contribution is 6.05. The van der Waals surface area contributed by atoms with E-state index >= 15 is 0 Å². The molecule has 7 nitrogen and oxygen atoms in total. The lowest BCUT2D eigenvalue weighted by Gasteiger charge is -2.08. The first-order valence-electron chi connectivity index (χ1n) is 7.35. The summed E-state index contributed by atoms with van der Waals surface area (Å²) in [5.74, 6) is -1.65. The van der Waals surface area contributed by atoms with E-state index in [-0.39, 0.29) is 12.1 Å². The van der Waals surface area contributed by atoms with Gasteiger partial charge in [0, 0.05) is 5.39 Å². The molecule has 0 unspecified atom stereocenters. The number of amides is 2. The van der Waals surface area contributed by atoms with E-state index in [0.717, 1.165) is 0 Å². The molecule has 8 heteroatoms. The van der Waals surface area contributed by atoms with E-state index < -0.39 is 23.2 Å². The third kappa shape index (κ3) is 3.69. The van der Waals surface area contributed by atoms with Crippen molar-refractivity contribution in [3.05, 3.63) is 76.0 Å². The van der Waals surface area contributed by atoms with Gasteiger partial charge in [0.15, 0.2) is 5.69 Å². The lowest BCUT2D eigenvalue weighted by molar-refractivity contribution is -0.121. The zero-order chi connectivity index (χ0) is 17.8. The van der Waals surface area contributed by atoms with Gasteiger partial charge in [-0.1, -0.05) is 30.3 Å². The number of fused-ring (bicyclic) bond motifs is 1. The summed E-state index contributed by atoms with van der Waals surface area (Å²) >= 11 is 0. The normalized spacial score (nSPS) is 10.4. The van der Waals surface area contributed by atoms with Crippen molar-refractivity contribution in [3.63, 3.8) is 0 Å². The maximum absolute atomic E-state index is 13.1. The Kier molecular flexibility index (Phi) is 4.51. The van der Waals surface area contributed by atoms with Crippen LogP contribution in [0.5, 0.6) is 0 Å². The summed E-state index contributed by atoms with van der Waals surface area (Å²) in [6.07, 6.45) is -0.0994. The van der Waals surface area contributed by atoms with Gasteiger partial charge in [-0.25, -0.2) is 9.49 Å². The van der Waals surface area contributed by atoms with Gasteiger partial charge in [-0.05, 0) is 23.8 Å². The molecule has 3 rings (SSSR count). The second-order valence-corrected chi connectivity index (χ2v) is 5.26. The van der Waals surface area contributed by atoms with Crippen LogP contribution in [-0.4, -0.2) is 22.0 Å². The number of nitrogens with zero attached hydrogens (tertiary/aromatic N) is 1. The van der Waals surface area contributed by atoms with Crippen LogP contribution in [0.2, 0.25) is 0 Å². The molecule has 0 atom stereocenters. The van der Waals surface area contributed by atoms with Crippen molar-refractivity contribution in [2.75, 3.05) is 0 Å². The largest absolute Gasteiger partial charge is 0.290 e. The van der Waals surface area contributed by atoms with Gasteiger partial charge >= 0.3 is 0 Å². The first-order chi connectivity index (χ1) is 12.0. The van der Waals surface area contributed by atoms with Crippen molar-refractivity contribution in [2.24, 2.45) is 0 Å². The van der Waals surface area contributed by atoms with Gasteiger partial charge in [0.25, 0.3) is 11.5 Å². The first kappa shape index (κ1) is 16.3. The molecule has 3 N–H and O–H groups in total. The quantitative estimate of drug-likeness (QED) is 0.620. The van der Waals surface area contributed by atoms with Gasteiger partial charge in [-0.15, -0.1) is 0 Å². The van der Waals surface area contributed by atoms with E-state index in [9.17, 15) is 18.8 Å². The van der Waals surface area contributed by atoms with Gasteiger partial charge < -0.3 is 0 Å². The number of H-pyrrole nitrogens is 1. The maximum atomic E-state index is 13.1. The second kappa shape index (κ2) is 6.91. The predicted molar refractivity (Wildman–Crippen MR) is 88.1 cm³/mol. The van der Waals surface area contributed by atoms with Crippen LogP contribution in [0.1, 0.15) is 16.1 Å². The number of hydrogen-bond acceptors (Lipinski definition) is 4. The fraction of sp³-hybridized carbons (Fsp3) is 0.0588. The Labute approximate surface area is 140 Å². The lowest BCUT2D eigenvalue weighted by atomic mass is 10.1. The highest BCUT2D eigenvalue weighted by Crippen LogP contribution is 2.11. The van der Waals surface area contributed by atoms with Crippen LogP contribution < -0.4 is 16.4 Å². The molecule has 0 radical (unpaired) electrons. The molecule has 0 saturated heterocycles. The van der Waals surface area contributed by atoms with Crippen LogP contribution in [0.25, 0.3) is 10.8 Å². The van der Waals surface area contributed by atoms with Crippen molar-refractivity contribution in [2.45, 2.75) is 6.42 Å². The van der Waals surface area contributed by atoms with E-state index in [1.807, 2.05) is 0 Å². The maximum Gasteiger partial charge on any atom is 0.290 e. The number of hydrazine groups is 1. The minimum atomic E-state index is -0.681. The number of rotatable bonds is 3. The Bertz CT molecular complexity index is 1020. The van der Waals surface area contributed by atoms with Gasteiger partial charge in [0.1, 0.15) is 5.82 Å². The highest BCUT2D eigenvalue weighted by Gasteiger charge is 2.14. The van der Waals surface area contributed by atoms with Crippen LogP contribution >= 0.6 is 0 Å². The van der Waals surface area contributed by atoms with Crippen molar-refractivity contribution in [1.29, 1.82) is 0 Å². The average Bonchev–Trinajstić information content (AvgIpc) is 2.60. The third-order valence-electron chi connectivity index (χ3n) is 3.48. The molecule has 0 spiro atoms. The zero-order valence-corrected chi connectivity index (χ0v) is 12.9. The van der Waals surface area contributed by atoms with E-state index in [1.165, 1.54) is 18.2 Å². The van der Waals surface area contributed by atoms with Crippen molar-refractivity contribution >= 4 is 22.6 Å². The summed E-state index contributed by atoms with van der Waals surface area (Å²) in [4.78, 5) is 35.8. The van der Waals surface area contributed by atoms with Crippen LogP contribution in [0.3, 0.4) is 0 Å². The summed E-state index contributed by atoms with van der Waals surface area (Å²) in [5.41, 5.74) is 4.49. The molecule has 0 bridgehead atoms. The number of aromatic nitrogens is 2.